The van der Waals surface area contributed by atoms with Crippen molar-refractivity contribution >= 4 is 39.1 Å². The van der Waals surface area contributed by atoms with Crippen LogP contribution >= 0.6 is 23.4 Å². The number of anilines is 1. The molecule has 1 aromatic carbocycles. The van der Waals surface area contributed by atoms with Gasteiger partial charge in [0.1, 0.15) is 0 Å². The fourth-order valence-electron chi connectivity index (χ4n) is 2.00. The molecule has 106 valence electrons. The number of halogens is 1. The van der Waals surface area contributed by atoms with Gasteiger partial charge in [0.2, 0.25) is 10.0 Å². The van der Waals surface area contributed by atoms with Gasteiger partial charge < -0.3 is 5.73 Å². The molecule has 19 heavy (non-hydrogen) atoms. The van der Waals surface area contributed by atoms with Gasteiger partial charge in [0.15, 0.2) is 0 Å². The third-order valence-corrected chi connectivity index (χ3v) is 6.24. The maximum absolute atomic E-state index is 12.3. The average Bonchev–Trinajstić information content (AvgIpc) is 2.84. The van der Waals surface area contributed by atoms with Gasteiger partial charge in [-0.2, -0.15) is 11.8 Å². The topological polar surface area (TPSA) is 72.2 Å². The first kappa shape index (κ1) is 15.0. The highest BCUT2D eigenvalue weighted by molar-refractivity contribution is 7.99. The molecule has 2 rings (SSSR count). The van der Waals surface area contributed by atoms with Crippen molar-refractivity contribution in [1.29, 1.82) is 0 Å². The Hall–Kier alpha value is -0.430. The Morgan fingerprint density at radius 2 is 2.26 bits per heavy atom. The molecule has 3 N–H and O–H groups in total. The number of thioether (sulfide) groups is 1. The highest BCUT2D eigenvalue weighted by Crippen LogP contribution is 2.27. The molecule has 1 heterocycles. The summed E-state index contributed by atoms with van der Waals surface area (Å²) in [6.45, 7) is 2.16. The maximum Gasteiger partial charge on any atom is 0.240 e. The zero-order valence-electron chi connectivity index (χ0n) is 10.6. The number of nitrogens with two attached hydrogens (primary N) is 1. The van der Waals surface area contributed by atoms with E-state index >= 15 is 0 Å². The van der Waals surface area contributed by atoms with Crippen molar-refractivity contribution in [3.05, 3.63) is 22.7 Å². The van der Waals surface area contributed by atoms with Gasteiger partial charge in [0.05, 0.1) is 4.90 Å². The largest absolute Gasteiger partial charge is 0.398 e. The maximum atomic E-state index is 12.3. The van der Waals surface area contributed by atoms with E-state index in [2.05, 4.69) is 4.72 Å². The number of rotatable bonds is 4. The van der Waals surface area contributed by atoms with E-state index in [9.17, 15) is 8.42 Å². The normalized spacial score (nSPS) is 19.8. The van der Waals surface area contributed by atoms with Crippen LogP contribution in [-0.4, -0.2) is 26.5 Å². The van der Waals surface area contributed by atoms with E-state index in [4.69, 9.17) is 17.3 Å². The quantitative estimate of drug-likeness (QED) is 0.835. The van der Waals surface area contributed by atoms with Gasteiger partial charge in [-0.15, -0.1) is 0 Å². The molecule has 0 spiro atoms. The minimum absolute atomic E-state index is 0.170. The lowest BCUT2D eigenvalue weighted by Gasteiger charge is -2.13. The number of nitrogens with one attached hydrogen (secondary N) is 1. The molecule has 4 nitrogen and oxygen atoms in total. The van der Waals surface area contributed by atoms with Crippen molar-refractivity contribution in [3.63, 3.8) is 0 Å². The Balaban J connectivity index is 2.19. The van der Waals surface area contributed by atoms with Crippen molar-refractivity contribution < 1.29 is 8.42 Å². The van der Waals surface area contributed by atoms with Crippen LogP contribution in [0.5, 0.6) is 0 Å². The lowest BCUT2D eigenvalue weighted by Crippen LogP contribution is -2.30. The monoisotopic (exact) mass is 320 g/mol. The van der Waals surface area contributed by atoms with E-state index in [0.717, 1.165) is 17.9 Å². The Bertz CT molecular complexity index is 569. The average molecular weight is 321 g/mol. The highest BCUT2D eigenvalue weighted by Gasteiger charge is 2.22. The molecule has 0 bridgehead atoms. The van der Waals surface area contributed by atoms with Crippen LogP contribution in [0.25, 0.3) is 0 Å². The molecular formula is C12H17ClN2O2S2. The Labute approximate surface area is 123 Å². The van der Waals surface area contributed by atoms with E-state index in [0.29, 0.717) is 28.7 Å². The zero-order chi connectivity index (χ0) is 14.0. The summed E-state index contributed by atoms with van der Waals surface area (Å²) < 4.78 is 27.2. The van der Waals surface area contributed by atoms with E-state index in [1.165, 1.54) is 6.07 Å². The second-order valence-corrected chi connectivity index (χ2v) is 8.02. The molecule has 0 aromatic heterocycles. The van der Waals surface area contributed by atoms with Crippen LogP contribution in [-0.2, 0) is 10.0 Å². The molecule has 0 saturated carbocycles. The summed E-state index contributed by atoms with van der Waals surface area (Å²) in [5.74, 6) is 2.53. The molecule has 1 aromatic rings. The number of nitrogen functional groups attached to an aromatic ring is 1. The highest BCUT2D eigenvalue weighted by atomic mass is 35.5. The Morgan fingerprint density at radius 1 is 1.53 bits per heavy atom. The molecule has 1 fully saturated rings. The predicted molar refractivity (Wildman–Crippen MR) is 81.2 cm³/mol. The minimum Gasteiger partial charge on any atom is -0.398 e. The lowest BCUT2D eigenvalue weighted by atomic mass is 10.1. The first-order chi connectivity index (χ1) is 8.90. The predicted octanol–water partition coefficient (Wildman–Crippen LogP) is 2.26. The van der Waals surface area contributed by atoms with E-state index in [1.54, 1.807) is 13.0 Å². The molecule has 1 unspecified atom stereocenters. The second kappa shape index (κ2) is 5.91. The van der Waals surface area contributed by atoms with Crippen molar-refractivity contribution in [2.75, 3.05) is 23.8 Å². The van der Waals surface area contributed by atoms with Crippen LogP contribution in [0.4, 0.5) is 5.69 Å². The van der Waals surface area contributed by atoms with Gasteiger partial charge in [0, 0.05) is 17.3 Å². The van der Waals surface area contributed by atoms with Crippen molar-refractivity contribution in [1.82, 2.24) is 4.72 Å². The number of hydrogen-bond donors (Lipinski definition) is 2. The summed E-state index contributed by atoms with van der Waals surface area (Å²) in [5.41, 5.74) is 6.69. The van der Waals surface area contributed by atoms with Crippen LogP contribution < -0.4 is 10.5 Å². The van der Waals surface area contributed by atoms with Crippen LogP contribution in [0.15, 0.2) is 17.0 Å². The molecule has 1 saturated heterocycles. The smallest absolute Gasteiger partial charge is 0.240 e. The lowest BCUT2D eigenvalue weighted by molar-refractivity contribution is 0.545. The molecule has 1 atom stereocenters. The van der Waals surface area contributed by atoms with Crippen LogP contribution in [0.1, 0.15) is 12.0 Å². The Morgan fingerprint density at radius 3 is 2.89 bits per heavy atom. The molecule has 7 heteroatoms. The third-order valence-electron chi connectivity index (χ3n) is 3.24. The Kier molecular flexibility index (Phi) is 4.66. The van der Waals surface area contributed by atoms with E-state index < -0.39 is 10.0 Å². The second-order valence-electron chi connectivity index (χ2n) is 4.70. The summed E-state index contributed by atoms with van der Waals surface area (Å²) in [6, 6.07) is 3.00. The number of benzene rings is 1. The van der Waals surface area contributed by atoms with E-state index in [1.807, 2.05) is 11.8 Å². The fourth-order valence-corrected chi connectivity index (χ4v) is 4.99. The summed E-state index contributed by atoms with van der Waals surface area (Å²) in [4.78, 5) is 0.170. The van der Waals surface area contributed by atoms with Crippen molar-refractivity contribution in [2.45, 2.75) is 18.2 Å². The SMILES string of the molecule is Cc1c(N)cc(Cl)cc1S(=O)(=O)NCC1CCSC1. The first-order valence-corrected chi connectivity index (χ1v) is 9.05. The summed E-state index contributed by atoms with van der Waals surface area (Å²) in [6.07, 6.45) is 1.06. The van der Waals surface area contributed by atoms with Gasteiger partial charge >= 0.3 is 0 Å². The molecular weight excluding hydrogens is 304 g/mol. The van der Waals surface area contributed by atoms with Crippen LogP contribution in [0.2, 0.25) is 5.02 Å². The van der Waals surface area contributed by atoms with Gasteiger partial charge in [-0.05, 0) is 48.5 Å². The number of hydrogen-bond acceptors (Lipinski definition) is 4. The van der Waals surface area contributed by atoms with Crippen molar-refractivity contribution in [3.8, 4) is 0 Å². The van der Waals surface area contributed by atoms with Gasteiger partial charge in [0.25, 0.3) is 0 Å². The molecule has 0 radical (unpaired) electrons. The summed E-state index contributed by atoms with van der Waals surface area (Å²) >= 11 is 7.74. The zero-order valence-corrected chi connectivity index (χ0v) is 13.0. The van der Waals surface area contributed by atoms with Crippen LogP contribution in [0.3, 0.4) is 0 Å². The van der Waals surface area contributed by atoms with Gasteiger partial charge in [-0.1, -0.05) is 11.6 Å². The minimum atomic E-state index is -3.55. The van der Waals surface area contributed by atoms with E-state index in [-0.39, 0.29) is 4.90 Å². The van der Waals surface area contributed by atoms with Gasteiger partial charge in [-0.25, -0.2) is 13.1 Å². The third kappa shape index (κ3) is 3.56. The van der Waals surface area contributed by atoms with Crippen molar-refractivity contribution in [2.24, 2.45) is 5.92 Å². The standard InChI is InChI=1S/C12H17ClN2O2S2/c1-8-11(14)4-10(13)5-12(8)19(16,17)15-6-9-2-3-18-7-9/h4-5,9,15H,2-3,6-7,14H2,1H3. The van der Waals surface area contributed by atoms with Crippen LogP contribution in [0, 0.1) is 12.8 Å². The fraction of sp³-hybridized carbons (Fsp3) is 0.500. The number of sulfonamides is 1. The van der Waals surface area contributed by atoms with Gasteiger partial charge in [-0.3, -0.25) is 0 Å². The molecule has 1 aliphatic heterocycles. The molecule has 0 amide bonds. The molecule has 0 aliphatic carbocycles. The summed E-state index contributed by atoms with van der Waals surface area (Å²) in [5, 5.41) is 0.333. The summed E-state index contributed by atoms with van der Waals surface area (Å²) in [7, 11) is -3.55. The first-order valence-electron chi connectivity index (χ1n) is 6.03. The molecule has 1 aliphatic rings.